The van der Waals surface area contributed by atoms with E-state index in [1.165, 1.54) is 19.3 Å². The molecule has 0 saturated carbocycles. The van der Waals surface area contributed by atoms with E-state index in [1.807, 2.05) is 13.0 Å². The summed E-state index contributed by atoms with van der Waals surface area (Å²) < 4.78 is 5.02. The number of phenolic OH excluding ortho intramolecular Hbond substituents is 1. The molecule has 1 aliphatic heterocycles. The molecule has 26 heavy (non-hydrogen) atoms. The monoisotopic (exact) mass is 352 g/mol. The van der Waals surface area contributed by atoms with Gasteiger partial charge in [-0.2, -0.15) is 0 Å². The highest BCUT2D eigenvalue weighted by Gasteiger charge is 2.37. The molecule has 3 rings (SSSR count). The second-order valence-electron chi connectivity index (χ2n) is 5.69. The third-order valence-electron chi connectivity index (χ3n) is 3.91. The summed E-state index contributed by atoms with van der Waals surface area (Å²) in [6.07, 6.45) is 1.23. The van der Waals surface area contributed by atoms with Gasteiger partial charge in [0, 0.05) is 5.56 Å². The molecule has 2 aromatic carbocycles. The average Bonchev–Trinajstić information content (AvgIpc) is 2.60. The highest BCUT2D eigenvalue weighted by Crippen LogP contribution is 2.32. The van der Waals surface area contributed by atoms with Gasteiger partial charge < -0.3 is 9.84 Å². The minimum atomic E-state index is -0.828. The fraction of sp³-hybridized carbons (Fsp3) is 0.105. The van der Waals surface area contributed by atoms with Gasteiger partial charge in [0.2, 0.25) is 0 Å². The Kier molecular flexibility index (Phi) is 4.45. The Bertz CT molecular complexity index is 949. The zero-order valence-corrected chi connectivity index (χ0v) is 14.1. The molecule has 0 aromatic heterocycles. The van der Waals surface area contributed by atoms with Gasteiger partial charge in [0.1, 0.15) is 5.57 Å². The number of barbiturate groups is 1. The van der Waals surface area contributed by atoms with Crippen LogP contribution in [0.4, 0.5) is 10.5 Å². The molecule has 2 aromatic rings. The van der Waals surface area contributed by atoms with Gasteiger partial charge >= 0.3 is 6.03 Å². The fourth-order valence-corrected chi connectivity index (χ4v) is 2.64. The SMILES string of the molecule is COc1cccc(C=C2C(=O)NC(=O)N(c3cccc(C)c3)C2=O)c1O. The number of nitrogens with zero attached hydrogens (tertiary/aromatic N) is 1. The maximum Gasteiger partial charge on any atom is 0.335 e. The number of nitrogens with one attached hydrogen (secondary N) is 1. The molecule has 1 saturated heterocycles. The molecule has 4 amide bonds. The second-order valence-corrected chi connectivity index (χ2v) is 5.69. The lowest BCUT2D eigenvalue weighted by molar-refractivity contribution is -0.122. The number of hydrogen-bond donors (Lipinski definition) is 2. The number of aromatic hydroxyl groups is 1. The van der Waals surface area contributed by atoms with Crippen LogP contribution >= 0.6 is 0 Å². The standard InChI is InChI=1S/C19H16N2O5/c1-11-5-3-7-13(9-11)21-18(24)14(17(23)20-19(21)25)10-12-6-4-8-15(26-2)16(12)22/h3-10,22H,1-2H3,(H,20,23,25). The first-order valence-electron chi connectivity index (χ1n) is 7.76. The van der Waals surface area contributed by atoms with Gasteiger partial charge in [-0.3, -0.25) is 14.9 Å². The lowest BCUT2D eigenvalue weighted by Gasteiger charge is -2.26. The van der Waals surface area contributed by atoms with Crippen molar-refractivity contribution in [2.45, 2.75) is 6.92 Å². The van der Waals surface area contributed by atoms with Gasteiger partial charge in [-0.1, -0.05) is 24.3 Å². The van der Waals surface area contributed by atoms with Crippen molar-refractivity contribution in [1.29, 1.82) is 0 Å². The second kappa shape index (κ2) is 6.72. The summed E-state index contributed by atoms with van der Waals surface area (Å²) in [4.78, 5) is 38.0. The van der Waals surface area contributed by atoms with Crippen LogP contribution in [0.15, 0.2) is 48.0 Å². The lowest BCUT2D eigenvalue weighted by Crippen LogP contribution is -2.54. The van der Waals surface area contributed by atoms with Crippen molar-refractivity contribution in [2.24, 2.45) is 0 Å². The van der Waals surface area contributed by atoms with Crippen LogP contribution in [-0.4, -0.2) is 30.1 Å². The number of amides is 4. The van der Waals surface area contributed by atoms with Crippen molar-refractivity contribution in [2.75, 3.05) is 12.0 Å². The molecule has 0 aliphatic carbocycles. The van der Waals surface area contributed by atoms with E-state index in [2.05, 4.69) is 5.32 Å². The predicted octanol–water partition coefficient (Wildman–Crippen LogP) is 2.38. The number of para-hydroxylation sites is 1. The first-order valence-corrected chi connectivity index (χ1v) is 7.76. The van der Waals surface area contributed by atoms with Crippen LogP contribution in [0.2, 0.25) is 0 Å². The van der Waals surface area contributed by atoms with Crippen molar-refractivity contribution < 1.29 is 24.2 Å². The number of carbonyl (C=O) groups excluding carboxylic acids is 3. The van der Waals surface area contributed by atoms with E-state index in [0.29, 0.717) is 5.69 Å². The molecule has 2 N–H and O–H groups in total. The number of imide groups is 2. The van der Waals surface area contributed by atoms with Crippen LogP contribution in [0.3, 0.4) is 0 Å². The number of urea groups is 1. The maximum absolute atomic E-state index is 12.8. The number of rotatable bonds is 3. The Labute approximate surface area is 149 Å². The Morgan fingerprint density at radius 3 is 2.54 bits per heavy atom. The largest absolute Gasteiger partial charge is 0.504 e. The zero-order chi connectivity index (χ0) is 18.8. The Balaban J connectivity index is 2.06. The Hall–Kier alpha value is -3.61. The summed E-state index contributed by atoms with van der Waals surface area (Å²) >= 11 is 0. The van der Waals surface area contributed by atoms with E-state index in [-0.39, 0.29) is 22.6 Å². The van der Waals surface area contributed by atoms with E-state index >= 15 is 0 Å². The lowest BCUT2D eigenvalue weighted by atomic mass is 10.1. The molecule has 1 heterocycles. The number of anilines is 1. The first kappa shape index (κ1) is 17.2. The van der Waals surface area contributed by atoms with Gasteiger partial charge in [0.15, 0.2) is 11.5 Å². The number of aryl methyl sites for hydroxylation is 1. The molecule has 0 radical (unpaired) electrons. The van der Waals surface area contributed by atoms with Crippen molar-refractivity contribution >= 4 is 29.6 Å². The van der Waals surface area contributed by atoms with E-state index in [4.69, 9.17) is 4.74 Å². The minimum absolute atomic E-state index is 0.203. The Morgan fingerprint density at radius 2 is 1.85 bits per heavy atom. The number of carbonyl (C=O) groups is 3. The number of benzene rings is 2. The first-order chi connectivity index (χ1) is 12.4. The van der Waals surface area contributed by atoms with Crippen molar-refractivity contribution in [3.8, 4) is 11.5 Å². The molecule has 0 bridgehead atoms. The quantitative estimate of drug-likeness (QED) is 0.653. The normalized spacial score (nSPS) is 16.0. The van der Waals surface area contributed by atoms with E-state index in [0.717, 1.165) is 10.5 Å². The maximum atomic E-state index is 12.8. The summed E-state index contributed by atoms with van der Waals surface area (Å²) in [5, 5.41) is 12.3. The highest BCUT2D eigenvalue weighted by atomic mass is 16.5. The molecule has 132 valence electrons. The summed E-state index contributed by atoms with van der Waals surface area (Å²) in [5.41, 5.74) is 1.16. The van der Waals surface area contributed by atoms with Gasteiger partial charge in [-0.05, 0) is 36.8 Å². The number of methoxy groups -OCH3 is 1. The summed E-state index contributed by atoms with van der Waals surface area (Å²) in [6, 6.07) is 10.7. The average molecular weight is 352 g/mol. The third kappa shape index (κ3) is 3.02. The zero-order valence-electron chi connectivity index (χ0n) is 14.1. The molecule has 7 nitrogen and oxygen atoms in total. The van der Waals surface area contributed by atoms with Crippen molar-refractivity contribution in [1.82, 2.24) is 5.32 Å². The minimum Gasteiger partial charge on any atom is -0.504 e. The molecule has 7 heteroatoms. The molecule has 0 spiro atoms. The fourth-order valence-electron chi connectivity index (χ4n) is 2.64. The molecule has 1 fully saturated rings. The number of ether oxygens (including phenoxy) is 1. The van der Waals surface area contributed by atoms with Crippen LogP contribution in [0.25, 0.3) is 6.08 Å². The molecular weight excluding hydrogens is 336 g/mol. The summed E-state index contributed by atoms with van der Waals surface area (Å²) in [7, 11) is 1.39. The molecule has 0 unspecified atom stereocenters. The van der Waals surface area contributed by atoms with Gasteiger partial charge in [-0.15, -0.1) is 0 Å². The number of phenols is 1. The number of hydrogen-bond acceptors (Lipinski definition) is 5. The van der Waals surface area contributed by atoms with Crippen molar-refractivity contribution in [3.63, 3.8) is 0 Å². The van der Waals surface area contributed by atoms with Crippen molar-refractivity contribution in [3.05, 3.63) is 59.2 Å². The van der Waals surface area contributed by atoms with Gasteiger partial charge in [-0.25, -0.2) is 9.69 Å². The topological polar surface area (TPSA) is 95.9 Å². The highest BCUT2D eigenvalue weighted by molar-refractivity contribution is 6.39. The van der Waals surface area contributed by atoms with Gasteiger partial charge in [0.05, 0.1) is 12.8 Å². The van der Waals surface area contributed by atoms with Crippen LogP contribution in [0.1, 0.15) is 11.1 Å². The third-order valence-corrected chi connectivity index (χ3v) is 3.91. The summed E-state index contributed by atoms with van der Waals surface area (Å²) in [5.74, 6) is -1.60. The smallest absolute Gasteiger partial charge is 0.335 e. The van der Waals surface area contributed by atoms with Crippen LogP contribution in [0.5, 0.6) is 11.5 Å². The molecule has 0 atom stereocenters. The predicted molar refractivity (Wildman–Crippen MR) is 94.8 cm³/mol. The van der Waals surface area contributed by atoms with Crippen LogP contribution in [-0.2, 0) is 9.59 Å². The van der Waals surface area contributed by atoms with E-state index in [1.54, 1.807) is 30.3 Å². The van der Waals surface area contributed by atoms with E-state index in [9.17, 15) is 19.5 Å². The van der Waals surface area contributed by atoms with Gasteiger partial charge in [0.25, 0.3) is 11.8 Å². The van der Waals surface area contributed by atoms with Crippen LogP contribution < -0.4 is 15.0 Å². The Morgan fingerprint density at radius 1 is 1.12 bits per heavy atom. The van der Waals surface area contributed by atoms with E-state index < -0.39 is 17.8 Å². The summed E-state index contributed by atoms with van der Waals surface area (Å²) in [6.45, 7) is 1.83. The van der Waals surface area contributed by atoms with Crippen LogP contribution in [0, 0.1) is 6.92 Å². The molecule has 1 aliphatic rings. The molecular formula is C19H16N2O5.